The molecule has 6 heteroatoms. The fraction of sp³-hybridized carbons (Fsp3) is 0.0952. The zero-order valence-electron chi connectivity index (χ0n) is 14.4. The number of carbonyl (C=O) groups excluding carboxylic acids is 1. The van der Waals surface area contributed by atoms with E-state index in [2.05, 4.69) is 10.3 Å². The first kappa shape index (κ1) is 16.8. The number of carbonyl (C=O) groups is 2. The van der Waals surface area contributed by atoms with Crippen molar-refractivity contribution in [2.24, 2.45) is 0 Å². The summed E-state index contributed by atoms with van der Waals surface area (Å²) >= 11 is 0. The van der Waals surface area contributed by atoms with Crippen LogP contribution < -0.4 is 10.2 Å². The zero-order valence-corrected chi connectivity index (χ0v) is 14.4. The number of nitrogens with zero attached hydrogens (tertiary/aromatic N) is 2. The van der Waals surface area contributed by atoms with Gasteiger partial charge in [0.2, 0.25) is 5.91 Å². The Morgan fingerprint density at radius 3 is 2.52 bits per heavy atom. The van der Waals surface area contributed by atoms with Gasteiger partial charge in [-0.25, -0.2) is 9.78 Å². The van der Waals surface area contributed by atoms with Crippen LogP contribution in [0.3, 0.4) is 0 Å². The molecule has 1 aliphatic rings. The van der Waals surface area contributed by atoms with Crippen molar-refractivity contribution < 1.29 is 14.7 Å². The topological polar surface area (TPSA) is 82.5 Å². The SMILES string of the molecule is O=C(O)c1ccc(-c2cnc3c(c2)N(Cc2ccccc2)C(=O)CN3)cc1. The normalized spacial score (nSPS) is 13.0. The van der Waals surface area contributed by atoms with Gasteiger partial charge in [-0.3, -0.25) is 4.79 Å². The smallest absolute Gasteiger partial charge is 0.335 e. The standard InChI is InChI=1S/C21H17N3O3/c25-19-12-23-20-18(24(19)13-14-4-2-1-3-5-14)10-17(11-22-20)15-6-8-16(9-7-15)21(26)27/h1-11H,12-13H2,(H,22,23)(H,26,27). The second kappa shape index (κ2) is 6.92. The van der Waals surface area contributed by atoms with E-state index in [4.69, 9.17) is 5.11 Å². The van der Waals surface area contributed by atoms with Crippen LogP contribution >= 0.6 is 0 Å². The zero-order chi connectivity index (χ0) is 18.8. The maximum absolute atomic E-state index is 12.5. The Bertz CT molecular complexity index is 1000. The summed E-state index contributed by atoms with van der Waals surface area (Å²) in [6.45, 7) is 0.678. The van der Waals surface area contributed by atoms with Crippen molar-refractivity contribution in [1.82, 2.24) is 4.98 Å². The number of amides is 1. The molecule has 0 spiro atoms. The van der Waals surface area contributed by atoms with E-state index >= 15 is 0 Å². The van der Waals surface area contributed by atoms with Gasteiger partial charge in [-0.15, -0.1) is 0 Å². The third-order valence-electron chi connectivity index (χ3n) is 4.52. The van der Waals surface area contributed by atoms with Crippen molar-refractivity contribution in [3.05, 3.63) is 78.0 Å². The minimum absolute atomic E-state index is 0.0217. The van der Waals surface area contributed by atoms with Gasteiger partial charge in [0.05, 0.1) is 24.3 Å². The molecule has 1 aromatic heterocycles. The number of fused-ring (bicyclic) bond motifs is 1. The average molecular weight is 359 g/mol. The number of aromatic nitrogens is 1. The molecule has 0 fully saturated rings. The number of pyridine rings is 1. The second-order valence-corrected chi connectivity index (χ2v) is 6.29. The van der Waals surface area contributed by atoms with Gasteiger partial charge in [0.15, 0.2) is 5.82 Å². The molecule has 0 aliphatic carbocycles. The highest BCUT2D eigenvalue weighted by Crippen LogP contribution is 2.33. The van der Waals surface area contributed by atoms with E-state index in [1.807, 2.05) is 36.4 Å². The van der Waals surface area contributed by atoms with Crippen molar-refractivity contribution >= 4 is 23.4 Å². The van der Waals surface area contributed by atoms with Gasteiger partial charge in [-0.05, 0) is 29.3 Å². The van der Waals surface area contributed by atoms with Gasteiger partial charge < -0.3 is 15.3 Å². The molecule has 1 amide bonds. The summed E-state index contributed by atoms with van der Waals surface area (Å²) in [6.07, 6.45) is 1.72. The largest absolute Gasteiger partial charge is 0.478 e. The molecule has 2 N–H and O–H groups in total. The van der Waals surface area contributed by atoms with Crippen molar-refractivity contribution in [3.63, 3.8) is 0 Å². The minimum Gasteiger partial charge on any atom is -0.478 e. The first-order valence-corrected chi connectivity index (χ1v) is 8.54. The predicted octanol–water partition coefficient (Wildman–Crippen LogP) is 3.41. The molecule has 0 saturated heterocycles. The molecule has 0 atom stereocenters. The van der Waals surface area contributed by atoms with Crippen LogP contribution in [-0.4, -0.2) is 28.5 Å². The number of nitrogens with one attached hydrogen (secondary N) is 1. The average Bonchev–Trinajstić information content (AvgIpc) is 2.71. The summed E-state index contributed by atoms with van der Waals surface area (Å²) in [6, 6.07) is 18.3. The predicted molar refractivity (Wildman–Crippen MR) is 103 cm³/mol. The summed E-state index contributed by atoms with van der Waals surface area (Å²) in [5.74, 6) is -0.322. The van der Waals surface area contributed by atoms with E-state index in [9.17, 15) is 9.59 Å². The quantitative estimate of drug-likeness (QED) is 0.746. The van der Waals surface area contributed by atoms with Gasteiger partial charge in [-0.1, -0.05) is 42.5 Å². The Balaban J connectivity index is 1.70. The molecule has 6 nitrogen and oxygen atoms in total. The van der Waals surface area contributed by atoms with E-state index in [1.165, 1.54) is 0 Å². The number of hydrogen-bond donors (Lipinski definition) is 2. The highest BCUT2D eigenvalue weighted by molar-refractivity contribution is 6.02. The maximum Gasteiger partial charge on any atom is 0.335 e. The molecule has 2 heterocycles. The molecule has 3 aromatic rings. The molecule has 0 unspecified atom stereocenters. The molecule has 134 valence electrons. The monoisotopic (exact) mass is 359 g/mol. The Kier molecular flexibility index (Phi) is 4.30. The Hall–Kier alpha value is -3.67. The van der Waals surface area contributed by atoms with Crippen LogP contribution in [0.25, 0.3) is 11.1 Å². The van der Waals surface area contributed by atoms with Crippen LogP contribution in [0.4, 0.5) is 11.5 Å². The molecular formula is C21H17N3O3. The van der Waals surface area contributed by atoms with Crippen LogP contribution in [0.2, 0.25) is 0 Å². The molecule has 0 radical (unpaired) electrons. The van der Waals surface area contributed by atoms with E-state index in [1.54, 1.807) is 35.4 Å². The van der Waals surface area contributed by atoms with E-state index in [-0.39, 0.29) is 18.0 Å². The number of hydrogen-bond acceptors (Lipinski definition) is 4. The summed E-state index contributed by atoms with van der Waals surface area (Å²) < 4.78 is 0. The van der Waals surface area contributed by atoms with Gasteiger partial charge in [0, 0.05) is 11.8 Å². The van der Waals surface area contributed by atoms with Crippen molar-refractivity contribution in [1.29, 1.82) is 0 Å². The van der Waals surface area contributed by atoms with Crippen LogP contribution in [0.5, 0.6) is 0 Å². The summed E-state index contributed by atoms with van der Waals surface area (Å²) in [4.78, 5) is 29.7. The van der Waals surface area contributed by atoms with Crippen molar-refractivity contribution in [3.8, 4) is 11.1 Å². The van der Waals surface area contributed by atoms with Crippen LogP contribution in [0.1, 0.15) is 15.9 Å². The maximum atomic E-state index is 12.5. The molecule has 0 saturated carbocycles. The number of benzene rings is 2. The van der Waals surface area contributed by atoms with Crippen LogP contribution in [-0.2, 0) is 11.3 Å². The first-order chi connectivity index (χ1) is 13.1. The van der Waals surface area contributed by atoms with Gasteiger partial charge >= 0.3 is 5.97 Å². The summed E-state index contributed by atoms with van der Waals surface area (Å²) in [7, 11) is 0. The molecule has 4 rings (SSSR count). The third kappa shape index (κ3) is 3.37. The summed E-state index contributed by atoms with van der Waals surface area (Å²) in [5.41, 5.74) is 3.64. The van der Waals surface area contributed by atoms with Crippen LogP contribution in [0.15, 0.2) is 66.9 Å². The Morgan fingerprint density at radius 2 is 1.81 bits per heavy atom. The lowest BCUT2D eigenvalue weighted by atomic mass is 10.0. The highest BCUT2D eigenvalue weighted by Gasteiger charge is 2.25. The number of anilines is 2. The molecule has 1 aliphatic heterocycles. The Labute approximate surface area is 156 Å². The Morgan fingerprint density at radius 1 is 1.07 bits per heavy atom. The van der Waals surface area contributed by atoms with E-state index in [0.29, 0.717) is 12.4 Å². The highest BCUT2D eigenvalue weighted by atomic mass is 16.4. The molecule has 0 bridgehead atoms. The third-order valence-corrected chi connectivity index (χ3v) is 4.52. The lowest BCUT2D eigenvalue weighted by Crippen LogP contribution is -2.39. The summed E-state index contributed by atoms with van der Waals surface area (Å²) in [5, 5.41) is 12.1. The van der Waals surface area contributed by atoms with Gasteiger partial charge in [-0.2, -0.15) is 0 Å². The van der Waals surface area contributed by atoms with E-state index < -0.39 is 5.97 Å². The fourth-order valence-electron chi connectivity index (χ4n) is 3.09. The van der Waals surface area contributed by atoms with Gasteiger partial charge in [0.1, 0.15) is 0 Å². The van der Waals surface area contributed by atoms with Gasteiger partial charge in [0.25, 0.3) is 0 Å². The van der Waals surface area contributed by atoms with Crippen LogP contribution in [0, 0.1) is 0 Å². The lowest BCUT2D eigenvalue weighted by Gasteiger charge is -2.30. The first-order valence-electron chi connectivity index (χ1n) is 8.54. The fourth-order valence-corrected chi connectivity index (χ4v) is 3.09. The minimum atomic E-state index is -0.964. The number of aromatic carboxylic acids is 1. The molecule has 2 aromatic carbocycles. The molecule has 27 heavy (non-hydrogen) atoms. The van der Waals surface area contributed by atoms with Crippen molar-refractivity contribution in [2.45, 2.75) is 6.54 Å². The van der Waals surface area contributed by atoms with E-state index in [0.717, 1.165) is 22.4 Å². The molecular weight excluding hydrogens is 342 g/mol. The number of carboxylic acid groups (broad SMARTS) is 1. The van der Waals surface area contributed by atoms with Crippen molar-refractivity contribution in [2.75, 3.05) is 16.8 Å². The number of carboxylic acids is 1. The second-order valence-electron chi connectivity index (χ2n) is 6.29. The lowest BCUT2D eigenvalue weighted by molar-refractivity contribution is -0.117. The number of rotatable bonds is 4.